The number of unbranched alkanes of at least 4 members (excludes halogenated alkanes) is 5. The topological polar surface area (TPSA) is 20.2 Å². The Labute approximate surface area is 88.9 Å². The third-order valence-electron chi connectivity index (χ3n) is 2.09. The molecule has 1 unspecified atom stereocenters. The van der Waals surface area contributed by atoms with Crippen LogP contribution in [0, 0.1) is 0 Å². The van der Waals surface area contributed by atoms with Gasteiger partial charge in [0.25, 0.3) is 0 Å². The minimum absolute atomic E-state index is 0.302. The Morgan fingerprint density at radius 1 is 1.00 bits per heavy atom. The SMILES string of the molecule is OCCCCCCCCC(F)CBr. The van der Waals surface area contributed by atoms with Crippen LogP contribution >= 0.6 is 15.9 Å². The van der Waals surface area contributed by atoms with Crippen LogP contribution in [0.5, 0.6) is 0 Å². The third kappa shape index (κ3) is 10.3. The van der Waals surface area contributed by atoms with Gasteiger partial charge in [-0.05, 0) is 12.8 Å². The molecule has 0 saturated carbocycles. The lowest BCUT2D eigenvalue weighted by molar-refractivity contribution is 0.282. The molecule has 80 valence electrons. The van der Waals surface area contributed by atoms with Crippen molar-refractivity contribution in [3.05, 3.63) is 0 Å². The molecule has 0 aromatic carbocycles. The van der Waals surface area contributed by atoms with Gasteiger partial charge in [-0.2, -0.15) is 0 Å². The third-order valence-corrected chi connectivity index (χ3v) is 2.80. The van der Waals surface area contributed by atoms with E-state index in [4.69, 9.17) is 5.11 Å². The van der Waals surface area contributed by atoms with E-state index in [-0.39, 0.29) is 0 Å². The number of hydrogen-bond acceptors (Lipinski definition) is 1. The molecule has 0 spiro atoms. The van der Waals surface area contributed by atoms with Crippen LogP contribution in [-0.2, 0) is 0 Å². The summed E-state index contributed by atoms with van der Waals surface area (Å²) in [4.78, 5) is 0. The highest BCUT2D eigenvalue weighted by Gasteiger charge is 2.02. The molecule has 0 aliphatic carbocycles. The van der Waals surface area contributed by atoms with Crippen molar-refractivity contribution in [2.24, 2.45) is 0 Å². The van der Waals surface area contributed by atoms with Crippen LogP contribution < -0.4 is 0 Å². The first-order valence-corrected chi connectivity index (χ1v) is 6.24. The predicted octanol–water partition coefficient (Wildman–Crippen LogP) is 3.44. The van der Waals surface area contributed by atoms with Gasteiger partial charge in [0.05, 0.1) is 0 Å². The van der Waals surface area contributed by atoms with Crippen molar-refractivity contribution in [3.63, 3.8) is 0 Å². The molecule has 0 radical (unpaired) electrons. The molecule has 0 fully saturated rings. The van der Waals surface area contributed by atoms with E-state index in [9.17, 15) is 4.39 Å². The quantitative estimate of drug-likeness (QED) is 0.494. The van der Waals surface area contributed by atoms with E-state index in [1.54, 1.807) is 0 Å². The van der Waals surface area contributed by atoms with Gasteiger partial charge in [-0.25, -0.2) is 4.39 Å². The van der Waals surface area contributed by atoms with Crippen LogP contribution in [0.2, 0.25) is 0 Å². The molecule has 13 heavy (non-hydrogen) atoms. The zero-order valence-corrected chi connectivity index (χ0v) is 9.73. The molecule has 0 heterocycles. The lowest BCUT2D eigenvalue weighted by Gasteiger charge is -2.03. The van der Waals surface area contributed by atoms with Crippen molar-refractivity contribution < 1.29 is 9.50 Å². The van der Waals surface area contributed by atoms with Crippen LogP contribution in [0.15, 0.2) is 0 Å². The van der Waals surface area contributed by atoms with Crippen molar-refractivity contribution in [3.8, 4) is 0 Å². The van der Waals surface area contributed by atoms with E-state index >= 15 is 0 Å². The Bertz CT molecular complexity index is 101. The van der Waals surface area contributed by atoms with Crippen LogP contribution in [-0.4, -0.2) is 23.2 Å². The summed E-state index contributed by atoms with van der Waals surface area (Å²) >= 11 is 3.12. The van der Waals surface area contributed by atoms with Crippen molar-refractivity contribution in [2.75, 3.05) is 11.9 Å². The maximum Gasteiger partial charge on any atom is 0.110 e. The zero-order chi connectivity index (χ0) is 9.94. The van der Waals surface area contributed by atoms with E-state index in [1.165, 1.54) is 12.8 Å². The maximum atomic E-state index is 12.7. The minimum Gasteiger partial charge on any atom is -0.396 e. The Kier molecular flexibility index (Phi) is 10.7. The minimum atomic E-state index is -0.669. The maximum absolute atomic E-state index is 12.7. The molecule has 0 aliphatic rings. The molecule has 0 amide bonds. The summed E-state index contributed by atoms with van der Waals surface area (Å²) in [5, 5.41) is 8.99. The van der Waals surface area contributed by atoms with Crippen molar-refractivity contribution in [1.29, 1.82) is 0 Å². The second-order valence-corrected chi connectivity index (χ2v) is 4.03. The summed E-state index contributed by atoms with van der Waals surface area (Å²) in [5.74, 6) is 0. The first kappa shape index (κ1) is 13.4. The number of aliphatic hydroxyl groups excluding tert-OH is 1. The molecule has 1 atom stereocenters. The second kappa shape index (κ2) is 10.5. The molecular weight excluding hydrogens is 235 g/mol. The average Bonchev–Trinajstić information content (AvgIpc) is 2.16. The van der Waals surface area contributed by atoms with Crippen LogP contribution in [0.3, 0.4) is 0 Å². The van der Waals surface area contributed by atoms with Crippen LogP contribution in [0.25, 0.3) is 0 Å². The molecule has 0 aromatic rings. The van der Waals surface area contributed by atoms with Gasteiger partial charge in [0.2, 0.25) is 0 Å². The second-order valence-electron chi connectivity index (χ2n) is 3.39. The highest BCUT2D eigenvalue weighted by molar-refractivity contribution is 9.09. The van der Waals surface area contributed by atoms with Gasteiger partial charge >= 0.3 is 0 Å². The van der Waals surface area contributed by atoms with Crippen molar-refractivity contribution in [2.45, 2.75) is 51.1 Å². The normalized spacial score (nSPS) is 13.2. The fourth-order valence-corrected chi connectivity index (χ4v) is 1.59. The Morgan fingerprint density at radius 3 is 2.08 bits per heavy atom. The molecule has 0 saturated heterocycles. The van der Waals surface area contributed by atoms with Gasteiger partial charge in [-0.15, -0.1) is 0 Å². The van der Waals surface area contributed by atoms with E-state index in [1.807, 2.05) is 0 Å². The highest BCUT2D eigenvalue weighted by atomic mass is 79.9. The Balaban J connectivity index is 2.91. The van der Waals surface area contributed by atoms with Crippen molar-refractivity contribution >= 4 is 15.9 Å². The first-order valence-electron chi connectivity index (χ1n) is 5.12. The number of alkyl halides is 2. The molecule has 1 nitrogen and oxygen atoms in total. The summed E-state index contributed by atoms with van der Waals surface area (Å²) in [5.41, 5.74) is 0. The molecule has 0 aliphatic heterocycles. The Morgan fingerprint density at radius 2 is 1.54 bits per heavy atom. The summed E-state index contributed by atoms with van der Waals surface area (Å²) in [6, 6.07) is 0. The molecule has 3 heteroatoms. The van der Waals surface area contributed by atoms with E-state index in [0.717, 1.165) is 25.7 Å². The molecule has 0 aromatic heterocycles. The summed E-state index contributed by atoms with van der Waals surface area (Å²) in [6.07, 6.45) is 6.50. The number of halogens is 2. The molecule has 0 rings (SSSR count). The lowest BCUT2D eigenvalue weighted by Crippen LogP contribution is -2.00. The standard InChI is InChI=1S/C10H20BrFO/c11-9-10(12)7-5-3-1-2-4-6-8-13/h10,13H,1-9H2. The van der Waals surface area contributed by atoms with Gasteiger partial charge in [0, 0.05) is 11.9 Å². The first-order chi connectivity index (χ1) is 6.31. The van der Waals surface area contributed by atoms with Crippen LogP contribution in [0.1, 0.15) is 44.9 Å². The lowest BCUT2D eigenvalue weighted by atomic mass is 10.1. The van der Waals surface area contributed by atoms with E-state index < -0.39 is 6.17 Å². The Hall–Kier alpha value is 0.370. The number of aliphatic hydroxyl groups is 1. The summed E-state index contributed by atoms with van der Waals surface area (Å²) in [6.45, 7) is 0.302. The smallest absolute Gasteiger partial charge is 0.110 e. The monoisotopic (exact) mass is 254 g/mol. The van der Waals surface area contributed by atoms with Gasteiger partial charge < -0.3 is 5.11 Å². The summed E-state index contributed by atoms with van der Waals surface area (Å²) < 4.78 is 12.7. The van der Waals surface area contributed by atoms with E-state index in [2.05, 4.69) is 15.9 Å². The average molecular weight is 255 g/mol. The predicted molar refractivity (Wildman–Crippen MR) is 58.1 cm³/mol. The van der Waals surface area contributed by atoms with Gasteiger partial charge in [-0.3, -0.25) is 0 Å². The van der Waals surface area contributed by atoms with Crippen LogP contribution in [0.4, 0.5) is 4.39 Å². The summed E-state index contributed by atoms with van der Waals surface area (Å²) in [7, 11) is 0. The zero-order valence-electron chi connectivity index (χ0n) is 8.14. The van der Waals surface area contributed by atoms with Gasteiger partial charge in [0.1, 0.15) is 6.17 Å². The van der Waals surface area contributed by atoms with Gasteiger partial charge in [-0.1, -0.05) is 48.0 Å². The largest absolute Gasteiger partial charge is 0.396 e. The molecular formula is C10H20BrFO. The number of rotatable bonds is 9. The fraction of sp³-hybridized carbons (Fsp3) is 1.00. The van der Waals surface area contributed by atoms with Crippen molar-refractivity contribution in [1.82, 2.24) is 0 Å². The number of hydrogen-bond donors (Lipinski definition) is 1. The highest BCUT2D eigenvalue weighted by Crippen LogP contribution is 2.11. The van der Waals surface area contributed by atoms with E-state index in [0.29, 0.717) is 18.4 Å². The molecule has 0 bridgehead atoms. The fourth-order valence-electron chi connectivity index (χ4n) is 1.26. The molecule has 1 N–H and O–H groups in total. The van der Waals surface area contributed by atoms with Gasteiger partial charge in [0.15, 0.2) is 0 Å².